The summed E-state index contributed by atoms with van der Waals surface area (Å²) in [6.45, 7) is 7.76. The van der Waals surface area contributed by atoms with Gasteiger partial charge in [-0.1, -0.05) is 48.0 Å². The Hall–Kier alpha value is -2.41. The number of rotatable bonds is 9. The average Bonchev–Trinajstić information content (AvgIpc) is 2.71. The maximum Gasteiger partial charge on any atom is 0.261 e. The standard InChI is InChI=1S/C23H28BrFN2O3/c1-15(2)12-26-23(29)17(4)27(13-18-7-5-6-8-21(18)25)22(28)14-30-19-9-10-20(24)16(3)11-19/h5-11,15,17H,12-14H2,1-4H3,(H,26,29). The molecule has 7 heteroatoms. The van der Waals surface area contributed by atoms with Gasteiger partial charge >= 0.3 is 0 Å². The third-order valence-corrected chi connectivity index (χ3v) is 5.53. The number of nitrogens with zero attached hydrogens (tertiary/aromatic N) is 1. The predicted molar refractivity (Wildman–Crippen MR) is 119 cm³/mol. The number of ether oxygens (including phenoxy) is 1. The number of nitrogens with one attached hydrogen (secondary N) is 1. The molecule has 2 rings (SSSR count). The third-order valence-electron chi connectivity index (χ3n) is 4.64. The van der Waals surface area contributed by atoms with Crippen LogP contribution in [0.15, 0.2) is 46.9 Å². The highest BCUT2D eigenvalue weighted by molar-refractivity contribution is 9.10. The van der Waals surface area contributed by atoms with E-state index in [0.717, 1.165) is 10.0 Å². The van der Waals surface area contributed by atoms with Crippen LogP contribution in [0.5, 0.6) is 5.75 Å². The zero-order chi connectivity index (χ0) is 22.3. The molecule has 0 saturated carbocycles. The van der Waals surface area contributed by atoms with E-state index in [4.69, 9.17) is 4.74 Å². The summed E-state index contributed by atoms with van der Waals surface area (Å²) in [6.07, 6.45) is 0. The number of carbonyl (C=O) groups is 2. The SMILES string of the molecule is Cc1cc(OCC(=O)N(Cc2ccccc2F)C(C)C(=O)NCC(C)C)ccc1Br. The molecule has 0 bridgehead atoms. The highest BCUT2D eigenvalue weighted by Gasteiger charge is 2.27. The lowest BCUT2D eigenvalue weighted by molar-refractivity contribution is -0.142. The third kappa shape index (κ3) is 6.83. The van der Waals surface area contributed by atoms with Gasteiger partial charge in [0.1, 0.15) is 17.6 Å². The highest BCUT2D eigenvalue weighted by atomic mass is 79.9. The number of hydrogen-bond donors (Lipinski definition) is 1. The van der Waals surface area contributed by atoms with Crippen molar-refractivity contribution in [2.24, 2.45) is 5.92 Å². The Labute approximate surface area is 185 Å². The van der Waals surface area contributed by atoms with E-state index in [1.807, 2.05) is 32.9 Å². The van der Waals surface area contributed by atoms with Crippen LogP contribution in [0.25, 0.3) is 0 Å². The molecule has 0 aromatic heterocycles. The first-order chi connectivity index (χ1) is 14.2. The van der Waals surface area contributed by atoms with Gasteiger partial charge in [0.25, 0.3) is 5.91 Å². The van der Waals surface area contributed by atoms with Crippen LogP contribution < -0.4 is 10.1 Å². The normalized spacial score (nSPS) is 11.8. The van der Waals surface area contributed by atoms with Crippen molar-refractivity contribution in [3.8, 4) is 5.75 Å². The van der Waals surface area contributed by atoms with Gasteiger partial charge in [0.15, 0.2) is 6.61 Å². The van der Waals surface area contributed by atoms with Crippen molar-refractivity contribution >= 4 is 27.7 Å². The lowest BCUT2D eigenvalue weighted by Gasteiger charge is -2.29. The summed E-state index contributed by atoms with van der Waals surface area (Å²) in [4.78, 5) is 26.9. The van der Waals surface area contributed by atoms with Gasteiger partial charge in [-0.05, 0) is 49.6 Å². The molecule has 0 aliphatic heterocycles. The van der Waals surface area contributed by atoms with Crippen LogP contribution in [-0.4, -0.2) is 35.9 Å². The summed E-state index contributed by atoms with van der Waals surface area (Å²) in [5.74, 6) is -0.277. The van der Waals surface area contributed by atoms with Gasteiger partial charge in [-0.2, -0.15) is 0 Å². The van der Waals surface area contributed by atoms with E-state index >= 15 is 0 Å². The smallest absolute Gasteiger partial charge is 0.261 e. The molecule has 0 spiro atoms. The molecular formula is C23H28BrFN2O3. The molecule has 2 aromatic rings. The van der Waals surface area contributed by atoms with E-state index in [1.165, 1.54) is 11.0 Å². The van der Waals surface area contributed by atoms with Crippen molar-refractivity contribution in [2.45, 2.75) is 40.3 Å². The minimum Gasteiger partial charge on any atom is -0.484 e. The fourth-order valence-corrected chi connectivity index (χ4v) is 3.03. The molecule has 0 fully saturated rings. The summed E-state index contributed by atoms with van der Waals surface area (Å²) < 4.78 is 20.8. The lowest BCUT2D eigenvalue weighted by atomic mass is 10.1. The van der Waals surface area contributed by atoms with Crippen LogP contribution in [0.1, 0.15) is 31.9 Å². The monoisotopic (exact) mass is 478 g/mol. The van der Waals surface area contributed by atoms with E-state index in [0.29, 0.717) is 17.9 Å². The van der Waals surface area contributed by atoms with Crippen LogP contribution in [-0.2, 0) is 16.1 Å². The summed E-state index contributed by atoms with van der Waals surface area (Å²) >= 11 is 3.43. The number of aryl methyl sites for hydroxylation is 1. The highest BCUT2D eigenvalue weighted by Crippen LogP contribution is 2.22. The van der Waals surface area contributed by atoms with Crippen LogP contribution in [0, 0.1) is 18.7 Å². The van der Waals surface area contributed by atoms with Gasteiger partial charge in [-0.3, -0.25) is 9.59 Å². The van der Waals surface area contributed by atoms with E-state index in [2.05, 4.69) is 21.2 Å². The fourth-order valence-electron chi connectivity index (χ4n) is 2.78. The second-order valence-electron chi connectivity index (χ2n) is 7.63. The van der Waals surface area contributed by atoms with Gasteiger partial charge in [-0.25, -0.2) is 4.39 Å². The molecule has 1 unspecified atom stereocenters. The molecular weight excluding hydrogens is 451 g/mol. The van der Waals surface area contributed by atoms with Crippen LogP contribution in [0.3, 0.4) is 0 Å². The number of halogens is 2. The van der Waals surface area contributed by atoms with Crippen LogP contribution >= 0.6 is 15.9 Å². The van der Waals surface area contributed by atoms with Gasteiger partial charge in [0.05, 0.1) is 0 Å². The van der Waals surface area contributed by atoms with Crippen molar-refractivity contribution < 1.29 is 18.7 Å². The molecule has 2 aromatic carbocycles. The maximum absolute atomic E-state index is 14.2. The van der Waals surface area contributed by atoms with Crippen LogP contribution in [0.2, 0.25) is 0 Å². The average molecular weight is 479 g/mol. The maximum atomic E-state index is 14.2. The summed E-state index contributed by atoms with van der Waals surface area (Å²) in [5.41, 5.74) is 1.32. The molecule has 30 heavy (non-hydrogen) atoms. The minimum atomic E-state index is -0.772. The lowest BCUT2D eigenvalue weighted by Crippen LogP contribution is -2.49. The van der Waals surface area contributed by atoms with Crippen molar-refractivity contribution in [3.05, 3.63) is 63.9 Å². The van der Waals surface area contributed by atoms with E-state index in [1.54, 1.807) is 31.2 Å². The second-order valence-corrected chi connectivity index (χ2v) is 8.48. The molecule has 1 N–H and O–H groups in total. The van der Waals surface area contributed by atoms with Gasteiger partial charge in [-0.15, -0.1) is 0 Å². The molecule has 0 saturated heterocycles. The van der Waals surface area contributed by atoms with Gasteiger partial charge in [0, 0.05) is 23.1 Å². The molecule has 0 radical (unpaired) electrons. The van der Waals surface area contributed by atoms with Crippen molar-refractivity contribution in [3.63, 3.8) is 0 Å². The van der Waals surface area contributed by atoms with E-state index in [-0.39, 0.29) is 25.0 Å². The number of hydrogen-bond acceptors (Lipinski definition) is 3. The van der Waals surface area contributed by atoms with E-state index < -0.39 is 17.8 Å². The molecule has 0 aliphatic carbocycles. The topological polar surface area (TPSA) is 58.6 Å². The summed E-state index contributed by atoms with van der Waals surface area (Å²) in [7, 11) is 0. The van der Waals surface area contributed by atoms with Crippen LogP contribution in [0.4, 0.5) is 4.39 Å². The molecule has 162 valence electrons. The summed E-state index contributed by atoms with van der Waals surface area (Å²) in [6, 6.07) is 10.9. The zero-order valence-electron chi connectivity index (χ0n) is 17.7. The quantitative estimate of drug-likeness (QED) is 0.578. The first kappa shape index (κ1) is 23.9. The number of carbonyl (C=O) groups excluding carboxylic acids is 2. The predicted octanol–water partition coefficient (Wildman–Crippen LogP) is 4.46. The van der Waals surface area contributed by atoms with Crippen molar-refractivity contribution in [2.75, 3.05) is 13.2 Å². The largest absolute Gasteiger partial charge is 0.484 e. The molecule has 1 atom stereocenters. The first-order valence-electron chi connectivity index (χ1n) is 9.88. The van der Waals surface area contributed by atoms with E-state index in [9.17, 15) is 14.0 Å². The Kier molecular flexibility index (Phi) is 8.84. The fraction of sp³-hybridized carbons (Fsp3) is 0.391. The summed E-state index contributed by atoms with van der Waals surface area (Å²) in [5, 5.41) is 2.83. The Balaban J connectivity index is 2.16. The second kappa shape index (κ2) is 11.1. The first-order valence-corrected chi connectivity index (χ1v) is 10.7. The molecule has 0 heterocycles. The molecule has 0 aliphatic rings. The number of amides is 2. The Bertz CT molecular complexity index is 889. The Morgan fingerprint density at radius 2 is 1.87 bits per heavy atom. The molecule has 2 amide bonds. The van der Waals surface area contributed by atoms with Crippen molar-refractivity contribution in [1.82, 2.24) is 10.2 Å². The van der Waals surface area contributed by atoms with Crippen molar-refractivity contribution in [1.29, 1.82) is 0 Å². The molecule has 5 nitrogen and oxygen atoms in total. The zero-order valence-corrected chi connectivity index (χ0v) is 19.3. The Morgan fingerprint density at radius 3 is 2.50 bits per heavy atom. The van der Waals surface area contributed by atoms with Gasteiger partial charge in [0.2, 0.25) is 5.91 Å². The number of benzene rings is 2. The Morgan fingerprint density at radius 1 is 1.17 bits per heavy atom. The van der Waals surface area contributed by atoms with Gasteiger partial charge < -0.3 is 15.0 Å². The minimum absolute atomic E-state index is 0.0233.